The summed E-state index contributed by atoms with van der Waals surface area (Å²) in [6.07, 6.45) is 4.72. The topological polar surface area (TPSA) is 62.7 Å². The Kier molecular flexibility index (Phi) is 3.21. The van der Waals surface area contributed by atoms with Crippen molar-refractivity contribution >= 4 is 11.5 Å². The van der Waals surface area contributed by atoms with Crippen LogP contribution in [0, 0.1) is 17.3 Å². The third-order valence-electron chi connectivity index (χ3n) is 6.64. The molecular formula is C19H22N2O2. The smallest absolute Gasteiger partial charge is 0.335 e. The highest BCUT2D eigenvalue weighted by Crippen LogP contribution is 2.58. The molecule has 0 spiro atoms. The summed E-state index contributed by atoms with van der Waals surface area (Å²) in [5, 5.41) is 0. The number of fused-ring (bicyclic) bond motifs is 5. The quantitative estimate of drug-likeness (QED) is 0.589. The van der Waals surface area contributed by atoms with Crippen LogP contribution in [-0.4, -0.2) is 23.4 Å². The van der Waals surface area contributed by atoms with Gasteiger partial charge in [0.15, 0.2) is 0 Å². The molecule has 4 nitrogen and oxygen atoms in total. The molecular weight excluding hydrogens is 288 g/mol. The van der Waals surface area contributed by atoms with E-state index in [2.05, 4.69) is 29.9 Å². The van der Waals surface area contributed by atoms with Gasteiger partial charge in [0, 0.05) is 5.41 Å². The second-order valence-corrected chi connectivity index (χ2v) is 7.52. The lowest BCUT2D eigenvalue weighted by molar-refractivity contribution is -0.128. The summed E-state index contributed by atoms with van der Waals surface area (Å²) >= 11 is 0. The predicted octanol–water partition coefficient (Wildman–Crippen LogP) is 3.40. The van der Waals surface area contributed by atoms with Gasteiger partial charge in [0.1, 0.15) is 5.75 Å². The number of ketones is 1. The number of ether oxygens (including phenoxy) is 1. The van der Waals surface area contributed by atoms with Crippen LogP contribution in [0.25, 0.3) is 5.53 Å². The fraction of sp³-hybridized carbons (Fsp3) is 0.579. The minimum absolute atomic E-state index is 0.0731. The van der Waals surface area contributed by atoms with Crippen molar-refractivity contribution in [1.82, 2.24) is 0 Å². The lowest BCUT2D eigenvalue weighted by atomic mass is 9.55. The first-order valence-electron chi connectivity index (χ1n) is 8.51. The van der Waals surface area contributed by atoms with Gasteiger partial charge in [-0.05, 0) is 66.7 Å². The molecule has 0 bridgehead atoms. The van der Waals surface area contributed by atoms with E-state index in [9.17, 15) is 4.79 Å². The molecule has 2 saturated carbocycles. The van der Waals surface area contributed by atoms with E-state index in [4.69, 9.17) is 10.3 Å². The Hall–Kier alpha value is -1.93. The predicted molar refractivity (Wildman–Crippen MR) is 86.6 cm³/mol. The summed E-state index contributed by atoms with van der Waals surface area (Å²) in [7, 11) is 1.71. The van der Waals surface area contributed by atoms with Gasteiger partial charge < -0.3 is 10.3 Å². The van der Waals surface area contributed by atoms with Crippen molar-refractivity contribution in [1.29, 1.82) is 0 Å². The number of hydrogen-bond donors (Lipinski definition) is 0. The van der Waals surface area contributed by atoms with Gasteiger partial charge in [0.25, 0.3) is 0 Å². The number of Topliss-reactive ketones (excluding diaryl/α,β-unsaturated/α-hetero) is 1. The number of nitrogens with zero attached hydrogens (tertiary/aromatic N) is 2. The number of carbonyl (C=O) groups is 1. The van der Waals surface area contributed by atoms with Gasteiger partial charge in [-0.15, -0.1) is 0 Å². The Labute approximate surface area is 136 Å². The van der Waals surface area contributed by atoms with Crippen molar-refractivity contribution in [3.63, 3.8) is 0 Å². The summed E-state index contributed by atoms with van der Waals surface area (Å²) in [4.78, 5) is 15.9. The second kappa shape index (κ2) is 5.04. The molecule has 4 atom stereocenters. The lowest BCUT2D eigenvalue weighted by Crippen LogP contribution is -2.42. The number of methoxy groups -OCH3 is 1. The van der Waals surface area contributed by atoms with E-state index in [1.165, 1.54) is 11.1 Å². The highest BCUT2D eigenvalue weighted by molar-refractivity contribution is 6.41. The van der Waals surface area contributed by atoms with Gasteiger partial charge >= 0.3 is 5.71 Å². The van der Waals surface area contributed by atoms with E-state index in [0.717, 1.165) is 31.4 Å². The molecule has 1 aromatic rings. The van der Waals surface area contributed by atoms with Crippen LogP contribution in [0.3, 0.4) is 0 Å². The summed E-state index contributed by atoms with van der Waals surface area (Å²) in [5.41, 5.74) is 12.1. The molecule has 0 aliphatic heterocycles. The monoisotopic (exact) mass is 310 g/mol. The SMILES string of the molecule is COc1ccc2c(c1)CC[C@H]1[C@@H]2CC[C@@]2(C)C(=O)C(=[N+]=[N-])C[C@@H]12. The third-order valence-corrected chi connectivity index (χ3v) is 6.64. The van der Waals surface area contributed by atoms with Gasteiger partial charge in [0.05, 0.1) is 13.5 Å². The molecule has 0 amide bonds. The van der Waals surface area contributed by atoms with Crippen molar-refractivity contribution in [2.45, 2.75) is 44.9 Å². The van der Waals surface area contributed by atoms with Crippen LogP contribution in [0.1, 0.15) is 49.7 Å². The molecule has 0 N–H and O–H groups in total. The van der Waals surface area contributed by atoms with Gasteiger partial charge in [-0.2, -0.15) is 4.79 Å². The van der Waals surface area contributed by atoms with Crippen molar-refractivity contribution in [3.05, 3.63) is 34.9 Å². The highest BCUT2D eigenvalue weighted by Gasteiger charge is 2.60. The van der Waals surface area contributed by atoms with Crippen LogP contribution in [-0.2, 0) is 11.2 Å². The van der Waals surface area contributed by atoms with Crippen molar-refractivity contribution in [2.75, 3.05) is 7.11 Å². The molecule has 0 radical (unpaired) electrons. The maximum Gasteiger partial charge on any atom is 0.335 e. The van der Waals surface area contributed by atoms with E-state index >= 15 is 0 Å². The Morgan fingerprint density at radius 2 is 2.17 bits per heavy atom. The number of aryl methyl sites for hydroxylation is 1. The van der Waals surface area contributed by atoms with Crippen LogP contribution in [0.15, 0.2) is 18.2 Å². The molecule has 0 aromatic heterocycles. The van der Waals surface area contributed by atoms with Crippen molar-refractivity contribution < 1.29 is 14.3 Å². The highest BCUT2D eigenvalue weighted by atomic mass is 16.5. The van der Waals surface area contributed by atoms with Crippen molar-refractivity contribution in [3.8, 4) is 5.75 Å². The zero-order valence-electron chi connectivity index (χ0n) is 13.7. The summed E-state index contributed by atoms with van der Waals surface area (Å²) in [6.45, 7) is 2.08. The Balaban J connectivity index is 1.72. The number of hydrogen-bond acceptors (Lipinski definition) is 2. The normalized spacial score (nSPS) is 35.1. The lowest BCUT2D eigenvalue weighted by Gasteiger charge is -2.47. The van der Waals surface area contributed by atoms with Crippen molar-refractivity contribution in [2.24, 2.45) is 17.3 Å². The van der Waals surface area contributed by atoms with Crippen LogP contribution < -0.4 is 4.74 Å². The fourth-order valence-electron chi connectivity index (χ4n) is 5.38. The zero-order valence-corrected chi connectivity index (χ0v) is 13.7. The zero-order chi connectivity index (χ0) is 16.2. The largest absolute Gasteiger partial charge is 0.497 e. The van der Waals surface area contributed by atoms with E-state index < -0.39 is 0 Å². The van der Waals surface area contributed by atoms with Crippen LogP contribution in [0.2, 0.25) is 0 Å². The number of carbonyl (C=O) groups excluding carboxylic acids is 1. The number of benzene rings is 1. The molecule has 3 aliphatic carbocycles. The van der Waals surface area contributed by atoms with Crippen LogP contribution in [0.5, 0.6) is 5.75 Å². The minimum Gasteiger partial charge on any atom is -0.497 e. The van der Waals surface area contributed by atoms with E-state index in [1.807, 2.05) is 0 Å². The average Bonchev–Trinajstić information content (AvgIpc) is 2.85. The standard InChI is InChI=1S/C19H22N2O2/c1-19-8-7-14-13-6-4-12(23-2)9-11(13)3-5-15(14)16(19)10-17(21-20)18(19)22/h4,6,9,14-16H,3,5,7-8,10H2,1-2H3/t14-,15+,16+,19-/m1/s1. The molecule has 3 aliphatic rings. The molecule has 120 valence electrons. The summed E-state index contributed by atoms with van der Waals surface area (Å²) in [6, 6.07) is 6.43. The van der Waals surface area contributed by atoms with E-state index in [-0.39, 0.29) is 11.2 Å². The van der Waals surface area contributed by atoms with Gasteiger partial charge in [-0.3, -0.25) is 4.79 Å². The number of rotatable bonds is 1. The average molecular weight is 310 g/mol. The Morgan fingerprint density at radius 1 is 1.35 bits per heavy atom. The molecule has 2 fully saturated rings. The van der Waals surface area contributed by atoms with Crippen LogP contribution in [0.4, 0.5) is 0 Å². The molecule has 0 heterocycles. The fourth-order valence-corrected chi connectivity index (χ4v) is 5.38. The Bertz CT molecular complexity index is 735. The molecule has 23 heavy (non-hydrogen) atoms. The first-order chi connectivity index (χ1) is 11.1. The molecule has 0 saturated heterocycles. The summed E-state index contributed by atoms with van der Waals surface area (Å²) in [5.74, 6) is 2.35. The third kappa shape index (κ3) is 1.94. The first-order valence-corrected chi connectivity index (χ1v) is 8.51. The Morgan fingerprint density at radius 3 is 2.91 bits per heavy atom. The van der Waals surface area contributed by atoms with E-state index in [1.54, 1.807) is 7.11 Å². The van der Waals surface area contributed by atoms with Gasteiger partial charge in [-0.1, -0.05) is 13.0 Å². The second-order valence-electron chi connectivity index (χ2n) is 7.52. The molecule has 4 rings (SSSR count). The van der Waals surface area contributed by atoms with E-state index in [0.29, 0.717) is 29.9 Å². The van der Waals surface area contributed by atoms with Crippen LogP contribution >= 0.6 is 0 Å². The van der Waals surface area contributed by atoms with Gasteiger partial charge in [0.2, 0.25) is 5.78 Å². The maximum atomic E-state index is 12.6. The first kappa shape index (κ1) is 14.6. The molecule has 4 heteroatoms. The minimum atomic E-state index is -0.327. The molecule has 1 aromatic carbocycles. The summed E-state index contributed by atoms with van der Waals surface area (Å²) < 4.78 is 5.36. The van der Waals surface area contributed by atoms with Gasteiger partial charge in [-0.25, -0.2) is 0 Å². The molecule has 0 unspecified atom stereocenters. The maximum absolute atomic E-state index is 12.6.